The SMILES string of the molecule is CCn1cnc2cc(CCN3CCNCC3)ccc21. The minimum atomic E-state index is 0.983. The molecular formula is C15H22N4. The number of hydrogen-bond donors (Lipinski definition) is 1. The number of aryl methyl sites for hydroxylation is 1. The molecule has 0 spiro atoms. The van der Waals surface area contributed by atoms with E-state index in [1.807, 2.05) is 6.33 Å². The summed E-state index contributed by atoms with van der Waals surface area (Å²) < 4.78 is 2.19. The fourth-order valence-corrected chi connectivity index (χ4v) is 2.74. The summed E-state index contributed by atoms with van der Waals surface area (Å²) in [6.45, 7) is 8.89. The molecule has 1 aliphatic heterocycles. The molecule has 1 fully saturated rings. The molecule has 4 nitrogen and oxygen atoms in total. The van der Waals surface area contributed by atoms with Gasteiger partial charge < -0.3 is 14.8 Å². The van der Waals surface area contributed by atoms with Crippen molar-refractivity contribution in [2.45, 2.75) is 19.9 Å². The van der Waals surface area contributed by atoms with Gasteiger partial charge in [0.05, 0.1) is 17.4 Å². The van der Waals surface area contributed by atoms with Crippen LogP contribution in [0, 0.1) is 0 Å². The molecule has 0 bridgehead atoms. The zero-order valence-electron chi connectivity index (χ0n) is 11.6. The van der Waals surface area contributed by atoms with Gasteiger partial charge in [-0.05, 0) is 31.0 Å². The summed E-state index contributed by atoms with van der Waals surface area (Å²) in [5.41, 5.74) is 3.76. The van der Waals surface area contributed by atoms with E-state index in [0.29, 0.717) is 0 Å². The second-order valence-corrected chi connectivity index (χ2v) is 5.20. The van der Waals surface area contributed by atoms with Gasteiger partial charge in [-0.15, -0.1) is 0 Å². The van der Waals surface area contributed by atoms with Crippen molar-refractivity contribution in [3.8, 4) is 0 Å². The van der Waals surface area contributed by atoms with Gasteiger partial charge in [0.25, 0.3) is 0 Å². The lowest BCUT2D eigenvalue weighted by Crippen LogP contribution is -2.44. The third kappa shape index (κ3) is 2.80. The van der Waals surface area contributed by atoms with E-state index in [4.69, 9.17) is 0 Å². The van der Waals surface area contributed by atoms with Crippen molar-refractivity contribution >= 4 is 11.0 Å². The number of imidazole rings is 1. The first-order valence-electron chi connectivity index (χ1n) is 7.23. The third-order valence-electron chi connectivity index (χ3n) is 3.95. The highest BCUT2D eigenvalue weighted by Crippen LogP contribution is 2.15. The fraction of sp³-hybridized carbons (Fsp3) is 0.533. The Kier molecular flexibility index (Phi) is 3.80. The predicted molar refractivity (Wildman–Crippen MR) is 78.4 cm³/mol. The van der Waals surface area contributed by atoms with E-state index in [2.05, 4.69) is 44.9 Å². The average Bonchev–Trinajstić information content (AvgIpc) is 2.88. The summed E-state index contributed by atoms with van der Waals surface area (Å²) in [6.07, 6.45) is 3.06. The number of fused-ring (bicyclic) bond motifs is 1. The Labute approximate surface area is 114 Å². The lowest BCUT2D eigenvalue weighted by atomic mass is 10.1. The summed E-state index contributed by atoms with van der Waals surface area (Å²) in [7, 11) is 0. The largest absolute Gasteiger partial charge is 0.331 e. The maximum Gasteiger partial charge on any atom is 0.0958 e. The second kappa shape index (κ2) is 5.72. The van der Waals surface area contributed by atoms with Crippen molar-refractivity contribution in [1.29, 1.82) is 0 Å². The van der Waals surface area contributed by atoms with Gasteiger partial charge >= 0.3 is 0 Å². The van der Waals surface area contributed by atoms with Crippen LogP contribution in [0.5, 0.6) is 0 Å². The van der Waals surface area contributed by atoms with Crippen molar-refractivity contribution in [3.05, 3.63) is 30.1 Å². The van der Waals surface area contributed by atoms with Crippen LogP contribution < -0.4 is 5.32 Å². The fourth-order valence-electron chi connectivity index (χ4n) is 2.74. The highest BCUT2D eigenvalue weighted by molar-refractivity contribution is 5.76. The lowest BCUT2D eigenvalue weighted by Gasteiger charge is -2.27. The molecule has 1 saturated heterocycles. The van der Waals surface area contributed by atoms with Crippen LogP contribution in [0.4, 0.5) is 0 Å². The average molecular weight is 258 g/mol. The Morgan fingerprint density at radius 3 is 2.89 bits per heavy atom. The molecule has 3 rings (SSSR count). The minimum Gasteiger partial charge on any atom is -0.331 e. The van der Waals surface area contributed by atoms with Crippen molar-refractivity contribution in [2.24, 2.45) is 0 Å². The van der Waals surface area contributed by atoms with Crippen molar-refractivity contribution in [2.75, 3.05) is 32.7 Å². The van der Waals surface area contributed by atoms with Crippen LogP contribution in [0.3, 0.4) is 0 Å². The number of hydrogen-bond acceptors (Lipinski definition) is 3. The van der Waals surface area contributed by atoms with Gasteiger partial charge in [-0.25, -0.2) is 4.98 Å². The number of rotatable bonds is 4. The zero-order valence-corrected chi connectivity index (χ0v) is 11.6. The quantitative estimate of drug-likeness (QED) is 0.902. The first kappa shape index (κ1) is 12.6. The highest BCUT2D eigenvalue weighted by Gasteiger charge is 2.09. The number of aromatic nitrogens is 2. The summed E-state index contributed by atoms with van der Waals surface area (Å²) >= 11 is 0. The molecule has 0 aliphatic carbocycles. The Morgan fingerprint density at radius 1 is 1.26 bits per heavy atom. The standard InChI is InChI=1S/C15H22N4/c1-2-19-12-17-14-11-13(3-4-15(14)19)5-8-18-9-6-16-7-10-18/h3-4,11-12,16H,2,5-10H2,1H3. The Balaban J connectivity index is 1.67. The van der Waals surface area contributed by atoms with Gasteiger partial charge in [-0.1, -0.05) is 6.07 Å². The van der Waals surface area contributed by atoms with E-state index in [1.165, 1.54) is 24.2 Å². The maximum absolute atomic E-state index is 4.48. The molecule has 1 aromatic carbocycles. The minimum absolute atomic E-state index is 0.983. The van der Waals surface area contributed by atoms with Crippen LogP contribution in [0.25, 0.3) is 11.0 Å². The number of nitrogens with one attached hydrogen (secondary N) is 1. The lowest BCUT2D eigenvalue weighted by molar-refractivity contribution is 0.244. The molecule has 2 aromatic rings. The smallest absolute Gasteiger partial charge is 0.0958 e. The molecule has 0 atom stereocenters. The van der Waals surface area contributed by atoms with Crippen LogP contribution in [0.15, 0.2) is 24.5 Å². The van der Waals surface area contributed by atoms with E-state index in [0.717, 1.165) is 38.1 Å². The molecule has 1 N–H and O–H groups in total. The zero-order chi connectivity index (χ0) is 13.1. The molecular weight excluding hydrogens is 236 g/mol. The molecule has 0 amide bonds. The topological polar surface area (TPSA) is 33.1 Å². The molecule has 0 radical (unpaired) electrons. The molecule has 19 heavy (non-hydrogen) atoms. The molecule has 1 aromatic heterocycles. The normalized spacial score (nSPS) is 17.1. The molecule has 102 valence electrons. The van der Waals surface area contributed by atoms with Crippen LogP contribution >= 0.6 is 0 Å². The number of benzene rings is 1. The van der Waals surface area contributed by atoms with Gasteiger partial charge in [-0.2, -0.15) is 0 Å². The Bertz CT molecular complexity index is 540. The van der Waals surface area contributed by atoms with Crippen LogP contribution in [0.1, 0.15) is 12.5 Å². The monoisotopic (exact) mass is 258 g/mol. The first-order valence-corrected chi connectivity index (χ1v) is 7.23. The maximum atomic E-state index is 4.48. The van der Waals surface area contributed by atoms with Gasteiger partial charge in [-0.3, -0.25) is 0 Å². The molecule has 1 aliphatic rings. The molecule has 2 heterocycles. The summed E-state index contributed by atoms with van der Waals surface area (Å²) in [6, 6.07) is 6.70. The summed E-state index contributed by atoms with van der Waals surface area (Å²) in [5, 5.41) is 3.39. The van der Waals surface area contributed by atoms with Crippen LogP contribution in [-0.4, -0.2) is 47.2 Å². The number of nitrogens with zero attached hydrogens (tertiary/aromatic N) is 3. The van der Waals surface area contributed by atoms with E-state index < -0.39 is 0 Å². The first-order chi connectivity index (χ1) is 9.36. The van der Waals surface area contributed by atoms with Crippen LogP contribution in [0.2, 0.25) is 0 Å². The highest BCUT2D eigenvalue weighted by atomic mass is 15.2. The van der Waals surface area contributed by atoms with E-state index in [9.17, 15) is 0 Å². The summed E-state index contributed by atoms with van der Waals surface area (Å²) in [5.74, 6) is 0. The van der Waals surface area contributed by atoms with Crippen LogP contribution in [-0.2, 0) is 13.0 Å². The van der Waals surface area contributed by atoms with Gasteiger partial charge in [0.1, 0.15) is 0 Å². The molecule has 0 unspecified atom stereocenters. The summed E-state index contributed by atoms with van der Waals surface area (Å²) in [4.78, 5) is 7.02. The van der Waals surface area contributed by atoms with E-state index in [1.54, 1.807) is 0 Å². The molecule has 0 saturated carbocycles. The van der Waals surface area contributed by atoms with Gasteiger partial charge in [0.15, 0.2) is 0 Å². The Hall–Kier alpha value is -1.39. The second-order valence-electron chi connectivity index (χ2n) is 5.20. The predicted octanol–water partition coefficient (Wildman–Crippen LogP) is 1.50. The van der Waals surface area contributed by atoms with Crippen molar-refractivity contribution in [3.63, 3.8) is 0 Å². The van der Waals surface area contributed by atoms with Gasteiger partial charge in [0, 0.05) is 39.3 Å². The third-order valence-corrected chi connectivity index (χ3v) is 3.95. The van der Waals surface area contributed by atoms with E-state index in [-0.39, 0.29) is 0 Å². The Morgan fingerprint density at radius 2 is 2.11 bits per heavy atom. The van der Waals surface area contributed by atoms with Crippen molar-refractivity contribution in [1.82, 2.24) is 19.8 Å². The van der Waals surface area contributed by atoms with Crippen molar-refractivity contribution < 1.29 is 0 Å². The molecule has 4 heteroatoms. The van der Waals surface area contributed by atoms with E-state index >= 15 is 0 Å². The van der Waals surface area contributed by atoms with Gasteiger partial charge in [0.2, 0.25) is 0 Å². The number of piperazine rings is 1.